The monoisotopic (exact) mass is 300 g/mol. The number of rotatable bonds is 5. The number of benzene rings is 1. The van der Waals surface area contributed by atoms with Crippen molar-refractivity contribution in [2.45, 2.75) is 31.7 Å². The van der Waals surface area contributed by atoms with Crippen molar-refractivity contribution in [3.05, 3.63) is 46.2 Å². The van der Waals surface area contributed by atoms with Gasteiger partial charge < -0.3 is 10.6 Å². The quantitative estimate of drug-likeness (QED) is 0.376. The molecule has 0 aliphatic heterocycles. The van der Waals surface area contributed by atoms with Crippen molar-refractivity contribution in [2.75, 3.05) is 5.32 Å². The zero-order valence-corrected chi connectivity index (χ0v) is 11.9. The minimum Gasteiger partial charge on any atom is -0.360 e. The van der Waals surface area contributed by atoms with Gasteiger partial charge in [-0.1, -0.05) is 18.9 Å². The van der Waals surface area contributed by atoms with Gasteiger partial charge in [-0.15, -0.1) is 0 Å². The van der Waals surface area contributed by atoms with E-state index < -0.39 is 10.8 Å². The van der Waals surface area contributed by atoms with Crippen LogP contribution in [0.3, 0.4) is 0 Å². The number of hydrogen-bond donors (Lipinski definition) is 2. The molecule has 1 aliphatic rings. The molecule has 7 nitrogen and oxygen atoms in total. The molecule has 114 valence electrons. The van der Waals surface area contributed by atoms with Crippen molar-refractivity contribution in [3.8, 4) is 6.07 Å². The van der Waals surface area contributed by atoms with Gasteiger partial charge in [0.15, 0.2) is 0 Å². The maximum absolute atomic E-state index is 12.0. The molecule has 0 bridgehead atoms. The molecule has 1 fully saturated rings. The van der Waals surface area contributed by atoms with Gasteiger partial charge in [-0.05, 0) is 18.9 Å². The van der Waals surface area contributed by atoms with E-state index in [9.17, 15) is 14.9 Å². The highest BCUT2D eigenvalue weighted by atomic mass is 16.6. The summed E-state index contributed by atoms with van der Waals surface area (Å²) in [5, 5.41) is 25.3. The van der Waals surface area contributed by atoms with E-state index in [0.29, 0.717) is 5.69 Å². The van der Waals surface area contributed by atoms with Crippen molar-refractivity contribution in [1.29, 1.82) is 5.26 Å². The van der Waals surface area contributed by atoms with Crippen LogP contribution in [0.1, 0.15) is 25.7 Å². The summed E-state index contributed by atoms with van der Waals surface area (Å²) in [4.78, 5) is 22.2. The minimum absolute atomic E-state index is 0.0570. The molecule has 0 radical (unpaired) electrons. The number of non-ortho nitro benzene ring substituents is 1. The number of hydrogen-bond acceptors (Lipinski definition) is 5. The molecule has 0 atom stereocenters. The third kappa shape index (κ3) is 4.06. The topological polar surface area (TPSA) is 108 Å². The predicted octanol–water partition coefficient (Wildman–Crippen LogP) is 2.47. The molecular weight excluding hydrogens is 284 g/mol. The number of carbonyl (C=O) groups excluding carboxylic acids is 1. The van der Waals surface area contributed by atoms with Crippen LogP contribution in [0, 0.1) is 21.4 Å². The molecule has 0 saturated heterocycles. The number of nitro benzene ring substituents is 1. The molecule has 1 aromatic carbocycles. The second kappa shape index (κ2) is 7.22. The zero-order valence-electron chi connectivity index (χ0n) is 11.9. The summed E-state index contributed by atoms with van der Waals surface area (Å²) in [6, 6.07) is 7.81. The van der Waals surface area contributed by atoms with Crippen LogP contribution in [0.5, 0.6) is 0 Å². The Labute approximate surface area is 127 Å². The Hall–Kier alpha value is -2.88. The van der Waals surface area contributed by atoms with Gasteiger partial charge in [0.05, 0.1) is 4.92 Å². The van der Waals surface area contributed by atoms with E-state index in [1.165, 1.54) is 24.4 Å². The van der Waals surface area contributed by atoms with E-state index >= 15 is 0 Å². The van der Waals surface area contributed by atoms with Crippen molar-refractivity contribution in [1.82, 2.24) is 5.32 Å². The fraction of sp³-hybridized carbons (Fsp3) is 0.333. The van der Waals surface area contributed by atoms with Gasteiger partial charge in [0.25, 0.3) is 11.6 Å². The summed E-state index contributed by atoms with van der Waals surface area (Å²) in [6.45, 7) is 0. The second-order valence-electron chi connectivity index (χ2n) is 5.08. The molecule has 0 spiro atoms. The van der Waals surface area contributed by atoms with E-state index in [4.69, 9.17) is 5.26 Å². The molecule has 1 saturated carbocycles. The molecule has 22 heavy (non-hydrogen) atoms. The second-order valence-corrected chi connectivity index (χ2v) is 5.08. The summed E-state index contributed by atoms with van der Waals surface area (Å²) in [5.41, 5.74) is 0.321. The van der Waals surface area contributed by atoms with Gasteiger partial charge in [0.1, 0.15) is 11.6 Å². The van der Waals surface area contributed by atoms with E-state index in [2.05, 4.69) is 10.6 Å². The maximum Gasteiger partial charge on any atom is 0.271 e. The van der Waals surface area contributed by atoms with Gasteiger partial charge in [0.2, 0.25) is 0 Å². The van der Waals surface area contributed by atoms with Crippen molar-refractivity contribution in [3.63, 3.8) is 0 Å². The molecule has 1 aromatic rings. The zero-order chi connectivity index (χ0) is 15.9. The van der Waals surface area contributed by atoms with Gasteiger partial charge in [-0.2, -0.15) is 5.26 Å². The lowest BCUT2D eigenvalue weighted by atomic mass is 10.2. The number of nitro groups is 1. The van der Waals surface area contributed by atoms with E-state index in [-0.39, 0.29) is 17.3 Å². The number of nitrogens with one attached hydrogen (secondary N) is 2. The van der Waals surface area contributed by atoms with E-state index in [1.54, 1.807) is 6.07 Å². The van der Waals surface area contributed by atoms with Crippen molar-refractivity contribution in [2.24, 2.45) is 0 Å². The van der Waals surface area contributed by atoms with Crippen LogP contribution in [0.4, 0.5) is 11.4 Å². The van der Waals surface area contributed by atoms with Gasteiger partial charge >= 0.3 is 0 Å². The Morgan fingerprint density at radius 3 is 2.77 bits per heavy atom. The predicted molar refractivity (Wildman–Crippen MR) is 80.8 cm³/mol. The van der Waals surface area contributed by atoms with Crippen LogP contribution in [-0.2, 0) is 4.79 Å². The standard InChI is InChI=1S/C15H16N4O3/c16-9-11(15(20)18-12-4-1-2-5-12)10-17-13-6-3-7-14(8-13)19(21)22/h3,6-8,10,12,17H,1-2,4-5H2,(H,18,20)/b11-10-. The lowest BCUT2D eigenvalue weighted by Gasteiger charge is -2.11. The Kier molecular flexibility index (Phi) is 5.09. The Morgan fingerprint density at radius 2 is 2.14 bits per heavy atom. The third-order valence-electron chi connectivity index (χ3n) is 3.50. The Bertz CT molecular complexity index is 642. The molecule has 0 aromatic heterocycles. The fourth-order valence-corrected chi connectivity index (χ4v) is 2.35. The van der Waals surface area contributed by atoms with Crippen LogP contribution >= 0.6 is 0 Å². The first-order valence-electron chi connectivity index (χ1n) is 7.02. The largest absolute Gasteiger partial charge is 0.360 e. The normalized spacial score (nSPS) is 15.1. The first kappa shape index (κ1) is 15.5. The van der Waals surface area contributed by atoms with Crippen LogP contribution in [0.2, 0.25) is 0 Å². The minimum atomic E-state index is -0.507. The van der Waals surface area contributed by atoms with Gasteiger partial charge in [0, 0.05) is 30.1 Å². The molecule has 2 rings (SSSR count). The molecule has 1 amide bonds. The van der Waals surface area contributed by atoms with Crippen molar-refractivity contribution < 1.29 is 9.72 Å². The van der Waals surface area contributed by atoms with Crippen LogP contribution in [0.25, 0.3) is 0 Å². The van der Waals surface area contributed by atoms with Gasteiger partial charge in [-0.25, -0.2) is 0 Å². The van der Waals surface area contributed by atoms with E-state index in [1.807, 2.05) is 6.07 Å². The Balaban J connectivity index is 2.02. The first-order chi connectivity index (χ1) is 10.6. The van der Waals surface area contributed by atoms with Gasteiger partial charge in [-0.3, -0.25) is 14.9 Å². The molecule has 1 aliphatic carbocycles. The summed E-state index contributed by atoms with van der Waals surface area (Å²) in [6.07, 6.45) is 5.31. The van der Waals surface area contributed by atoms with E-state index in [0.717, 1.165) is 25.7 Å². The molecule has 2 N–H and O–H groups in total. The molecule has 7 heteroatoms. The lowest BCUT2D eigenvalue weighted by Crippen LogP contribution is -2.33. The average molecular weight is 300 g/mol. The summed E-state index contributed by atoms with van der Waals surface area (Å²) in [5.74, 6) is -0.424. The number of amides is 1. The van der Waals surface area contributed by atoms with Crippen LogP contribution in [-0.4, -0.2) is 16.9 Å². The fourth-order valence-electron chi connectivity index (χ4n) is 2.35. The summed E-state index contributed by atoms with van der Waals surface area (Å²) in [7, 11) is 0. The Morgan fingerprint density at radius 1 is 1.41 bits per heavy atom. The lowest BCUT2D eigenvalue weighted by molar-refractivity contribution is -0.384. The number of nitrogens with zero attached hydrogens (tertiary/aromatic N) is 2. The van der Waals surface area contributed by atoms with Crippen LogP contribution < -0.4 is 10.6 Å². The number of carbonyl (C=O) groups is 1. The number of anilines is 1. The average Bonchev–Trinajstić information content (AvgIpc) is 3.01. The first-order valence-corrected chi connectivity index (χ1v) is 7.02. The molecule has 0 heterocycles. The highest BCUT2D eigenvalue weighted by molar-refractivity contribution is 5.97. The third-order valence-corrected chi connectivity index (χ3v) is 3.50. The summed E-state index contributed by atoms with van der Waals surface area (Å²) >= 11 is 0. The van der Waals surface area contributed by atoms with Crippen molar-refractivity contribution >= 4 is 17.3 Å². The molecular formula is C15H16N4O3. The highest BCUT2D eigenvalue weighted by Gasteiger charge is 2.19. The molecule has 0 unspecified atom stereocenters. The highest BCUT2D eigenvalue weighted by Crippen LogP contribution is 2.19. The smallest absolute Gasteiger partial charge is 0.271 e. The summed E-state index contributed by atoms with van der Waals surface area (Å²) < 4.78 is 0. The SMILES string of the molecule is N#C/C(=C/Nc1cccc([N+](=O)[O-])c1)C(=O)NC1CCCC1. The van der Waals surface area contributed by atoms with Crippen LogP contribution in [0.15, 0.2) is 36.0 Å². The maximum atomic E-state index is 12.0. The number of nitriles is 1.